The molecule has 1 aromatic heterocycles. The number of alkyl halides is 3. The summed E-state index contributed by atoms with van der Waals surface area (Å²) in [4.78, 5) is 24.3. The number of halogens is 3. The number of likely N-dealkylation sites (tertiary alicyclic amines) is 1. The molecule has 3 fully saturated rings. The predicted octanol–water partition coefficient (Wildman–Crippen LogP) is 2.56. The van der Waals surface area contributed by atoms with E-state index in [9.17, 15) is 18.0 Å². The van der Waals surface area contributed by atoms with E-state index < -0.39 is 11.9 Å². The Bertz CT molecular complexity index is 761. The van der Waals surface area contributed by atoms with Gasteiger partial charge in [-0.1, -0.05) is 13.8 Å². The molecule has 3 aliphatic rings. The third-order valence-corrected chi connectivity index (χ3v) is 6.76. The van der Waals surface area contributed by atoms with Crippen LogP contribution in [0.5, 0.6) is 0 Å². The molecule has 29 heavy (non-hydrogen) atoms. The lowest BCUT2D eigenvalue weighted by atomic mass is 9.75. The van der Waals surface area contributed by atoms with Gasteiger partial charge in [-0.3, -0.25) is 4.79 Å². The number of hydrogen-bond donors (Lipinski definition) is 1. The number of nitrogens with one attached hydrogen (secondary N) is 1. The van der Waals surface area contributed by atoms with Crippen LogP contribution in [-0.2, 0) is 11.0 Å². The fraction of sp³-hybridized carbons (Fsp3) is 0.750. The largest absolute Gasteiger partial charge is 0.433 e. The summed E-state index contributed by atoms with van der Waals surface area (Å²) in [7, 11) is 0. The van der Waals surface area contributed by atoms with Crippen molar-refractivity contribution in [2.45, 2.75) is 44.8 Å². The van der Waals surface area contributed by atoms with Gasteiger partial charge >= 0.3 is 6.18 Å². The smallest absolute Gasteiger partial charge is 0.356 e. The Morgan fingerprint density at radius 1 is 1.24 bits per heavy atom. The van der Waals surface area contributed by atoms with Crippen LogP contribution in [0.3, 0.4) is 0 Å². The average molecular weight is 411 g/mol. The van der Waals surface area contributed by atoms with E-state index in [1.54, 1.807) is 0 Å². The Kier molecular flexibility index (Phi) is 5.21. The Morgan fingerprint density at radius 3 is 2.62 bits per heavy atom. The predicted molar refractivity (Wildman–Crippen MR) is 102 cm³/mol. The van der Waals surface area contributed by atoms with Crippen molar-refractivity contribution in [3.05, 3.63) is 18.1 Å². The quantitative estimate of drug-likeness (QED) is 0.825. The highest BCUT2D eigenvalue weighted by Crippen LogP contribution is 2.44. The summed E-state index contributed by atoms with van der Waals surface area (Å²) in [5, 5.41) is 3.26. The number of anilines is 1. The number of nitrogens with zero attached hydrogens (tertiary/aromatic N) is 4. The van der Waals surface area contributed by atoms with Crippen LogP contribution in [0.2, 0.25) is 0 Å². The lowest BCUT2D eigenvalue weighted by Gasteiger charge is -2.43. The van der Waals surface area contributed by atoms with Gasteiger partial charge in [-0.2, -0.15) is 13.2 Å². The monoisotopic (exact) mass is 411 g/mol. The number of amides is 1. The van der Waals surface area contributed by atoms with Gasteiger partial charge < -0.3 is 15.1 Å². The summed E-state index contributed by atoms with van der Waals surface area (Å²) in [6.45, 7) is 8.31. The zero-order chi connectivity index (χ0) is 20.8. The SMILES string of the molecule is CC(C)CCN1CC2C(=O)NC3(CCN(c4cc(C(F)(F)F)ncn4)CC3)C2C1. The van der Waals surface area contributed by atoms with Crippen molar-refractivity contribution in [1.29, 1.82) is 0 Å². The summed E-state index contributed by atoms with van der Waals surface area (Å²) in [6, 6.07) is 1.01. The Labute approximate surface area is 168 Å². The number of piperidine rings is 1. The minimum atomic E-state index is -4.48. The van der Waals surface area contributed by atoms with Crippen molar-refractivity contribution >= 4 is 11.7 Å². The number of rotatable bonds is 4. The number of carbonyl (C=O) groups excluding carboxylic acids is 1. The lowest BCUT2D eigenvalue weighted by Crippen LogP contribution is -2.55. The van der Waals surface area contributed by atoms with Crippen LogP contribution in [0, 0.1) is 17.8 Å². The molecule has 6 nitrogen and oxygen atoms in total. The van der Waals surface area contributed by atoms with Crippen LogP contribution in [0.1, 0.15) is 38.8 Å². The first kappa shape index (κ1) is 20.4. The van der Waals surface area contributed by atoms with Gasteiger partial charge in [0.1, 0.15) is 17.8 Å². The lowest BCUT2D eigenvalue weighted by molar-refractivity contribution is -0.141. The molecule has 3 aliphatic heterocycles. The standard InChI is InChI=1S/C20H28F3N5O/c1-13(2)3-6-27-10-14-15(11-27)19(26-18(14)29)4-7-28(8-5-19)17-9-16(20(21,22)23)24-12-25-17/h9,12-15H,3-8,10-11H2,1-2H3,(H,26,29). The third kappa shape index (κ3) is 3.93. The molecule has 3 saturated heterocycles. The van der Waals surface area contributed by atoms with Gasteiger partial charge in [-0.05, 0) is 31.7 Å². The molecule has 4 heterocycles. The first-order valence-corrected chi connectivity index (χ1v) is 10.4. The van der Waals surface area contributed by atoms with E-state index in [1.807, 2.05) is 4.90 Å². The fourth-order valence-corrected chi connectivity index (χ4v) is 5.07. The van der Waals surface area contributed by atoms with E-state index in [0.717, 1.165) is 51.3 Å². The van der Waals surface area contributed by atoms with E-state index >= 15 is 0 Å². The first-order valence-electron chi connectivity index (χ1n) is 10.4. The molecule has 0 bridgehead atoms. The van der Waals surface area contributed by atoms with E-state index in [-0.39, 0.29) is 23.3 Å². The van der Waals surface area contributed by atoms with Crippen molar-refractivity contribution < 1.29 is 18.0 Å². The van der Waals surface area contributed by atoms with Gasteiger partial charge in [0.15, 0.2) is 0 Å². The van der Waals surface area contributed by atoms with Crippen molar-refractivity contribution in [2.24, 2.45) is 17.8 Å². The molecule has 1 amide bonds. The van der Waals surface area contributed by atoms with Crippen molar-refractivity contribution in [3.8, 4) is 0 Å². The Balaban J connectivity index is 1.43. The van der Waals surface area contributed by atoms with E-state index in [2.05, 4.69) is 34.0 Å². The zero-order valence-corrected chi connectivity index (χ0v) is 16.9. The van der Waals surface area contributed by atoms with Gasteiger partial charge in [0.25, 0.3) is 0 Å². The third-order valence-electron chi connectivity index (χ3n) is 6.76. The van der Waals surface area contributed by atoms with Crippen LogP contribution < -0.4 is 10.2 Å². The normalized spacial score (nSPS) is 27.0. The van der Waals surface area contributed by atoms with Crippen molar-refractivity contribution in [2.75, 3.05) is 37.6 Å². The van der Waals surface area contributed by atoms with Gasteiger partial charge in [-0.25, -0.2) is 9.97 Å². The minimum Gasteiger partial charge on any atom is -0.356 e. The van der Waals surface area contributed by atoms with Crippen LogP contribution in [0.4, 0.5) is 19.0 Å². The molecule has 9 heteroatoms. The highest BCUT2D eigenvalue weighted by atomic mass is 19.4. The maximum atomic E-state index is 13.0. The molecule has 0 aromatic carbocycles. The summed E-state index contributed by atoms with van der Waals surface area (Å²) >= 11 is 0. The van der Waals surface area contributed by atoms with E-state index in [1.165, 1.54) is 0 Å². The first-order chi connectivity index (χ1) is 13.7. The molecule has 4 rings (SSSR count). The van der Waals surface area contributed by atoms with E-state index in [0.29, 0.717) is 24.8 Å². The molecule has 1 spiro atoms. The highest BCUT2D eigenvalue weighted by molar-refractivity contribution is 5.83. The number of fused-ring (bicyclic) bond motifs is 2. The highest BCUT2D eigenvalue weighted by Gasteiger charge is 2.57. The molecule has 0 aliphatic carbocycles. The average Bonchev–Trinajstić information content (AvgIpc) is 3.20. The van der Waals surface area contributed by atoms with E-state index in [4.69, 9.17) is 0 Å². The maximum Gasteiger partial charge on any atom is 0.433 e. The summed E-state index contributed by atoms with van der Waals surface area (Å²) in [5.74, 6) is 1.38. The topological polar surface area (TPSA) is 61.4 Å². The number of carbonyl (C=O) groups is 1. The van der Waals surface area contributed by atoms with Gasteiger partial charge in [0.05, 0.1) is 5.92 Å². The fourth-order valence-electron chi connectivity index (χ4n) is 5.07. The molecular formula is C20H28F3N5O. The zero-order valence-electron chi connectivity index (χ0n) is 16.9. The molecule has 2 unspecified atom stereocenters. The summed E-state index contributed by atoms with van der Waals surface area (Å²) in [6.07, 6.45) is -0.937. The van der Waals surface area contributed by atoms with Gasteiger partial charge in [0, 0.05) is 43.7 Å². The van der Waals surface area contributed by atoms with Crippen LogP contribution >= 0.6 is 0 Å². The van der Waals surface area contributed by atoms with Crippen LogP contribution in [0.15, 0.2) is 12.4 Å². The number of hydrogen-bond acceptors (Lipinski definition) is 5. The Hall–Kier alpha value is -1.90. The Morgan fingerprint density at radius 2 is 1.97 bits per heavy atom. The molecule has 1 aromatic rings. The van der Waals surface area contributed by atoms with Crippen LogP contribution in [0.25, 0.3) is 0 Å². The van der Waals surface area contributed by atoms with Gasteiger partial charge in [0.2, 0.25) is 5.91 Å². The second-order valence-corrected chi connectivity index (χ2v) is 9.05. The molecular weight excluding hydrogens is 383 g/mol. The summed E-state index contributed by atoms with van der Waals surface area (Å²) in [5.41, 5.74) is -1.17. The second-order valence-electron chi connectivity index (χ2n) is 9.05. The molecule has 0 saturated carbocycles. The second kappa shape index (κ2) is 7.41. The summed E-state index contributed by atoms with van der Waals surface area (Å²) < 4.78 is 38.9. The molecule has 160 valence electrons. The maximum absolute atomic E-state index is 13.0. The molecule has 0 radical (unpaired) electrons. The number of aromatic nitrogens is 2. The molecule has 2 atom stereocenters. The van der Waals surface area contributed by atoms with Crippen molar-refractivity contribution in [3.63, 3.8) is 0 Å². The molecule has 1 N–H and O–H groups in total. The van der Waals surface area contributed by atoms with Gasteiger partial charge in [-0.15, -0.1) is 0 Å². The van der Waals surface area contributed by atoms with Crippen LogP contribution in [-0.4, -0.2) is 59.0 Å². The minimum absolute atomic E-state index is 0.0320. The van der Waals surface area contributed by atoms with Crippen molar-refractivity contribution in [1.82, 2.24) is 20.2 Å².